The largest absolute Gasteiger partial charge is 0.432 e. The molecule has 0 aromatic carbocycles. The van der Waals surface area contributed by atoms with Gasteiger partial charge in [0.15, 0.2) is 0 Å². The summed E-state index contributed by atoms with van der Waals surface area (Å²) in [6.07, 6.45) is -24.2. The van der Waals surface area contributed by atoms with Crippen molar-refractivity contribution < 1.29 is 61.4 Å². The Hall–Kier alpha value is -0.570. The second kappa shape index (κ2) is 6.50. The highest BCUT2D eigenvalue weighted by Crippen LogP contribution is 2.72. The summed E-state index contributed by atoms with van der Waals surface area (Å²) in [4.78, 5) is -5.42. The number of hydrogen-bond donors (Lipinski definition) is 2. The molecule has 3 atom stereocenters. The standard InChI is InChI=1S/C11H12F12O2S/c12-9(13,14)7(24,10(15,16)17)5-2-1-3-6(4-5)8(25,11(18,19)20)26(21,22)23/h5-6,24-25H,1-4H2. The quantitative estimate of drug-likeness (QED) is 0.586. The van der Waals surface area contributed by atoms with E-state index in [1.807, 2.05) is 0 Å². The third-order valence-electron chi connectivity index (χ3n) is 4.44. The van der Waals surface area contributed by atoms with Crippen molar-refractivity contribution >= 4 is 11.2 Å². The molecule has 26 heavy (non-hydrogen) atoms. The van der Waals surface area contributed by atoms with Crippen LogP contribution in [0.1, 0.15) is 25.7 Å². The molecule has 1 fully saturated rings. The van der Waals surface area contributed by atoms with E-state index < -0.39 is 77.8 Å². The Balaban J connectivity index is 3.39. The molecule has 158 valence electrons. The average Bonchev–Trinajstić information content (AvgIpc) is 2.40. The lowest BCUT2D eigenvalue weighted by Gasteiger charge is -2.47. The highest BCUT2D eigenvalue weighted by Gasteiger charge is 2.76. The molecule has 0 aromatic rings. The van der Waals surface area contributed by atoms with Crippen molar-refractivity contribution in [2.75, 3.05) is 0 Å². The van der Waals surface area contributed by atoms with E-state index in [0.717, 1.165) is 0 Å². The highest BCUT2D eigenvalue weighted by molar-refractivity contribution is 8.22. The van der Waals surface area contributed by atoms with Gasteiger partial charge in [-0.25, -0.2) is 0 Å². The minimum absolute atomic E-state index is 0.905. The molecule has 0 aromatic heterocycles. The number of aliphatic hydroxyl groups is 2. The molecule has 0 amide bonds. The molecule has 3 unspecified atom stereocenters. The lowest BCUT2D eigenvalue weighted by atomic mass is 9.70. The molecular weight excluding hydrogens is 424 g/mol. The molecule has 2 nitrogen and oxygen atoms in total. The van der Waals surface area contributed by atoms with E-state index in [4.69, 9.17) is 0 Å². The smallest absolute Gasteiger partial charge is 0.373 e. The van der Waals surface area contributed by atoms with Crippen LogP contribution in [0.4, 0.5) is 51.2 Å². The highest BCUT2D eigenvalue weighted by atomic mass is 32.3. The van der Waals surface area contributed by atoms with Crippen molar-refractivity contribution in [2.45, 2.75) is 54.7 Å². The fourth-order valence-corrected chi connectivity index (χ4v) is 3.95. The summed E-state index contributed by atoms with van der Waals surface area (Å²) < 4.78 is 154. The minimum Gasteiger partial charge on any atom is -0.373 e. The van der Waals surface area contributed by atoms with Gasteiger partial charge in [-0.05, 0) is 19.3 Å². The summed E-state index contributed by atoms with van der Waals surface area (Å²) in [5.41, 5.74) is -5.49. The number of halogens is 12. The summed E-state index contributed by atoms with van der Waals surface area (Å²) in [5.74, 6) is -6.04. The summed E-state index contributed by atoms with van der Waals surface area (Å²) in [6.45, 7) is 0. The molecule has 0 bridgehead atoms. The molecule has 0 radical (unpaired) electrons. The van der Waals surface area contributed by atoms with E-state index in [2.05, 4.69) is 0 Å². The monoisotopic (exact) mass is 436 g/mol. The number of rotatable bonds is 3. The van der Waals surface area contributed by atoms with E-state index >= 15 is 0 Å². The number of alkyl halides is 9. The Morgan fingerprint density at radius 2 is 1.04 bits per heavy atom. The van der Waals surface area contributed by atoms with Crippen LogP contribution in [0, 0.1) is 11.8 Å². The first kappa shape index (κ1) is 23.5. The second-order valence-corrected chi connectivity index (χ2v) is 7.36. The van der Waals surface area contributed by atoms with Gasteiger partial charge in [0.25, 0.3) is 10.5 Å². The molecule has 0 saturated heterocycles. The molecule has 1 rings (SSSR count). The molecule has 1 aliphatic rings. The molecule has 0 heterocycles. The maximum atomic E-state index is 12.9. The van der Waals surface area contributed by atoms with Gasteiger partial charge < -0.3 is 10.2 Å². The molecule has 1 aliphatic carbocycles. The predicted octanol–water partition coefficient (Wildman–Crippen LogP) is 5.36. The molecule has 1 saturated carbocycles. The van der Waals surface area contributed by atoms with Crippen LogP contribution in [0.5, 0.6) is 0 Å². The first-order chi connectivity index (χ1) is 11.2. The topological polar surface area (TPSA) is 40.5 Å². The summed E-state index contributed by atoms with van der Waals surface area (Å²) >= 11 is -7.38. The van der Waals surface area contributed by atoms with Gasteiger partial charge in [0.05, 0.1) is 0 Å². The molecule has 0 aliphatic heterocycles. The van der Waals surface area contributed by atoms with Gasteiger partial charge in [0.1, 0.15) is 0 Å². The van der Waals surface area contributed by atoms with Gasteiger partial charge in [0, 0.05) is 11.8 Å². The van der Waals surface area contributed by atoms with E-state index in [9.17, 15) is 61.4 Å². The summed E-state index contributed by atoms with van der Waals surface area (Å²) in [6, 6.07) is 0. The van der Waals surface area contributed by atoms with Crippen molar-refractivity contribution in [3.8, 4) is 0 Å². The fraction of sp³-hybridized carbons (Fsp3) is 1.00. The lowest BCUT2D eigenvalue weighted by Crippen LogP contribution is -2.63. The Morgan fingerprint density at radius 1 is 0.654 bits per heavy atom. The van der Waals surface area contributed by atoms with Gasteiger partial charge in [-0.2, -0.15) is 39.5 Å². The van der Waals surface area contributed by atoms with Crippen molar-refractivity contribution in [1.29, 1.82) is 0 Å². The van der Waals surface area contributed by atoms with Crippen LogP contribution in [-0.2, 0) is 0 Å². The second-order valence-electron chi connectivity index (χ2n) is 5.92. The average molecular weight is 436 g/mol. The van der Waals surface area contributed by atoms with Crippen LogP contribution in [0.3, 0.4) is 0 Å². The Morgan fingerprint density at radius 3 is 1.35 bits per heavy atom. The SMILES string of the molecule is OC(C1CCCC(C(O)(C(F)(F)F)S(F)(F)F)C1)(C(F)(F)F)C(F)(F)F. The van der Waals surface area contributed by atoms with Crippen molar-refractivity contribution in [3.63, 3.8) is 0 Å². The molecule has 0 spiro atoms. The van der Waals surface area contributed by atoms with Crippen molar-refractivity contribution in [1.82, 2.24) is 0 Å². The third-order valence-corrected chi connectivity index (χ3v) is 5.71. The van der Waals surface area contributed by atoms with E-state index in [1.54, 1.807) is 0 Å². The Bertz CT molecular complexity index is 433. The Labute approximate surface area is 140 Å². The van der Waals surface area contributed by atoms with Gasteiger partial charge in [-0.1, -0.05) is 6.42 Å². The van der Waals surface area contributed by atoms with E-state index in [0.29, 0.717) is 0 Å². The van der Waals surface area contributed by atoms with Gasteiger partial charge >= 0.3 is 18.5 Å². The van der Waals surface area contributed by atoms with E-state index in [-0.39, 0.29) is 0 Å². The van der Waals surface area contributed by atoms with Crippen LogP contribution < -0.4 is 0 Å². The fourth-order valence-electron chi connectivity index (χ4n) is 3.10. The van der Waals surface area contributed by atoms with Crippen LogP contribution in [0.15, 0.2) is 0 Å². The zero-order valence-electron chi connectivity index (χ0n) is 12.3. The zero-order valence-corrected chi connectivity index (χ0v) is 13.1. The number of hydrogen-bond acceptors (Lipinski definition) is 2. The van der Waals surface area contributed by atoms with Gasteiger partial charge in [0.2, 0.25) is 11.2 Å². The third kappa shape index (κ3) is 3.57. The summed E-state index contributed by atoms with van der Waals surface area (Å²) in [7, 11) is 0. The lowest BCUT2D eigenvalue weighted by molar-refractivity contribution is -0.389. The predicted molar refractivity (Wildman–Crippen MR) is 64.4 cm³/mol. The van der Waals surface area contributed by atoms with Crippen LogP contribution in [-0.4, -0.2) is 39.3 Å². The molecule has 2 N–H and O–H groups in total. The van der Waals surface area contributed by atoms with Gasteiger partial charge in [-0.15, -0.1) is 11.7 Å². The van der Waals surface area contributed by atoms with Crippen LogP contribution in [0.25, 0.3) is 0 Å². The molecule has 15 heteroatoms. The zero-order chi connectivity index (χ0) is 21.0. The van der Waals surface area contributed by atoms with Crippen molar-refractivity contribution in [3.05, 3.63) is 0 Å². The normalized spacial score (nSPS) is 27.2. The minimum atomic E-state index is -7.38. The molecular formula is C11H12F12O2S. The summed E-state index contributed by atoms with van der Waals surface area (Å²) in [5, 5.41) is 18.5. The van der Waals surface area contributed by atoms with Crippen molar-refractivity contribution in [2.24, 2.45) is 11.8 Å². The maximum absolute atomic E-state index is 12.9. The first-order valence-corrected chi connectivity index (χ1v) is 8.11. The maximum Gasteiger partial charge on any atom is 0.432 e. The van der Waals surface area contributed by atoms with Crippen LogP contribution >= 0.6 is 11.2 Å². The van der Waals surface area contributed by atoms with Crippen LogP contribution in [0.2, 0.25) is 0 Å². The van der Waals surface area contributed by atoms with Gasteiger partial charge in [-0.3, -0.25) is 0 Å². The van der Waals surface area contributed by atoms with E-state index in [1.165, 1.54) is 0 Å². The first-order valence-electron chi connectivity index (χ1n) is 6.78. The Kier molecular flexibility index (Phi) is 5.87.